The molecule has 2 N–H and O–H groups in total. The van der Waals surface area contributed by atoms with Crippen LogP contribution in [0.25, 0.3) is 0 Å². The van der Waals surface area contributed by atoms with Crippen molar-refractivity contribution in [3.05, 3.63) is 57.8 Å². The van der Waals surface area contributed by atoms with Crippen molar-refractivity contribution in [2.45, 2.75) is 57.3 Å². The lowest BCUT2D eigenvalue weighted by Gasteiger charge is -2.32. The number of halogens is 1. The van der Waals surface area contributed by atoms with Crippen LogP contribution in [0.15, 0.2) is 41.7 Å². The highest BCUT2D eigenvalue weighted by atomic mass is 35.5. The predicted molar refractivity (Wildman–Crippen MR) is 102 cm³/mol. The quantitative estimate of drug-likeness (QED) is 0.782. The zero-order valence-corrected chi connectivity index (χ0v) is 15.9. The number of rotatable bonds is 6. The van der Waals surface area contributed by atoms with Gasteiger partial charge in [0.25, 0.3) is 0 Å². The summed E-state index contributed by atoms with van der Waals surface area (Å²) in [7, 11) is 0. The molecule has 1 aromatic rings. The maximum absolute atomic E-state index is 10.1. The van der Waals surface area contributed by atoms with Crippen LogP contribution in [-0.4, -0.2) is 35.6 Å². The topological polar surface area (TPSA) is 58.9 Å². The highest BCUT2D eigenvalue weighted by molar-refractivity contribution is 6.31. The molecule has 1 heterocycles. The van der Waals surface area contributed by atoms with Crippen molar-refractivity contribution in [1.29, 1.82) is 0 Å². The van der Waals surface area contributed by atoms with E-state index < -0.39 is 6.10 Å². The Balaban J connectivity index is 1.74. The highest BCUT2D eigenvalue weighted by Crippen LogP contribution is 2.34. The van der Waals surface area contributed by atoms with Gasteiger partial charge in [0.15, 0.2) is 0 Å². The number of hydrogen-bond donors (Lipinski definition) is 2. The Bertz CT molecular complexity index is 683. The summed E-state index contributed by atoms with van der Waals surface area (Å²) < 4.78 is 11.5. The Morgan fingerprint density at radius 3 is 2.77 bits per heavy atom. The standard InChI is InChI=1S/C21H27ClO4/c1-2-25-18-6-3-14(4-7-18)9-16-10-15(5-8-20(16)22)21-12-17(24)11-19(13-23)26-21/h3,5-6,8,10,17,19,21,23-24H,2,4,7,9,11-13H2,1H3/t17-,19-,21?/m0/s1. The average Bonchev–Trinajstić information content (AvgIpc) is 2.64. The minimum Gasteiger partial charge on any atom is -0.498 e. The maximum atomic E-state index is 10.1. The molecule has 2 aliphatic rings. The van der Waals surface area contributed by atoms with Crippen molar-refractivity contribution < 1.29 is 19.7 Å². The fourth-order valence-corrected chi connectivity index (χ4v) is 3.80. The van der Waals surface area contributed by atoms with Crippen LogP contribution in [-0.2, 0) is 15.9 Å². The van der Waals surface area contributed by atoms with E-state index in [0.29, 0.717) is 19.4 Å². The van der Waals surface area contributed by atoms with E-state index in [0.717, 1.165) is 41.2 Å². The van der Waals surface area contributed by atoms with Crippen LogP contribution in [0.2, 0.25) is 5.02 Å². The van der Waals surface area contributed by atoms with Gasteiger partial charge < -0.3 is 19.7 Å². The van der Waals surface area contributed by atoms with E-state index in [1.54, 1.807) is 0 Å². The molecule has 0 saturated carbocycles. The van der Waals surface area contributed by atoms with E-state index in [2.05, 4.69) is 12.1 Å². The van der Waals surface area contributed by atoms with Gasteiger partial charge in [-0.3, -0.25) is 0 Å². The summed E-state index contributed by atoms with van der Waals surface area (Å²) in [6.45, 7) is 2.62. The normalized spacial score (nSPS) is 26.2. The van der Waals surface area contributed by atoms with Crippen LogP contribution in [0.5, 0.6) is 0 Å². The molecule has 1 fully saturated rings. The summed E-state index contributed by atoms with van der Waals surface area (Å²) in [5, 5.41) is 20.2. The Hall–Kier alpha value is -1.33. The van der Waals surface area contributed by atoms with Crippen molar-refractivity contribution in [1.82, 2.24) is 0 Å². The second-order valence-corrected chi connectivity index (χ2v) is 7.38. The largest absolute Gasteiger partial charge is 0.498 e. The molecule has 3 atom stereocenters. The zero-order chi connectivity index (χ0) is 18.5. The van der Waals surface area contributed by atoms with Crippen LogP contribution in [0.1, 0.15) is 49.8 Å². The van der Waals surface area contributed by atoms with Crippen LogP contribution in [0, 0.1) is 0 Å². The van der Waals surface area contributed by atoms with Crippen molar-refractivity contribution in [3.8, 4) is 0 Å². The molecule has 1 saturated heterocycles. The number of aliphatic hydroxyl groups excluding tert-OH is 2. The van der Waals surface area contributed by atoms with Gasteiger partial charge in [-0.15, -0.1) is 0 Å². The van der Waals surface area contributed by atoms with Crippen molar-refractivity contribution in [3.63, 3.8) is 0 Å². The van der Waals surface area contributed by atoms with E-state index in [9.17, 15) is 10.2 Å². The monoisotopic (exact) mass is 378 g/mol. The molecule has 0 amide bonds. The maximum Gasteiger partial charge on any atom is 0.0962 e. The molecule has 1 aliphatic carbocycles. The lowest BCUT2D eigenvalue weighted by Crippen LogP contribution is -2.33. The summed E-state index contributed by atoms with van der Waals surface area (Å²) in [5.74, 6) is 1.04. The van der Waals surface area contributed by atoms with Gasteiger partial charge in [-0.2, -0.15) is 0 Å². The van der Waals surface area contributed by atoms with Crippen molar-refractivity contribution >= 4 is 11.6 Å². The Morgan fingerprint density at radius 2 is 2.08 bits per heavy atom. The summed E-state index contributed by atoms with van der Waals surface area (Å²) in [6.07, 6.45) is 6.91. The second-order valence-electron chi connectivity index (χ2n) is 6.97. The molecular formula is C21H27ClO4. The fourth-order valence-electron chi connectivity index (χ4n) is 3.61. The zero-order valence-electron chi connectivity index (χ0n) is 15.2. The van der Waals surface area contributed by atoms with Gasteiger partial charge in [0.2, 0.25) is 0 Å². The van der Waals surface area contributed by atoms with Crippen LogP contribution >= 0.6 is 11.6 Å². The van der Waals surface area contributed by atoms with Crippen molar-refractivity contribution in [2.24, 2.45) is 0 Å². The molecular weight excluding hydrogens is 352 g/mol. The molecule has 0 bridgehead atoms. The SMILES string of the molecule is CCOC1=CC=C(Cc2cc(C3C[C@@H](O)C[C@@H](CO)O3)ccc2Cl)CC1. The molecule has 26 heavy (non-hydrogen) atoms. The van der Waals surface area contributed by atoms with Gasteiger partial charge in [-0.1, -0.05) is 35.4 Å². The molecule has 1 unspecified atom stereocenters. The number of ether oxygens (including phenoxy) is 2. The molecule has 3 rings (SSSR count). The van der Waals surface area contributed by atoms with Crippen molar-refractivity contribution in [2.75, 3.05) is 13.2 Å². The lowest BCUT2D eigenvalue weighted by molar-refractivity contribution is -0.113. The molecule has 0 spiro atoms. The van der Waals surface area contributed by atoms with Gasteiger partial charge in [-0.05, 0) is 43.0 Å². The molecule has 142 valence electrons. The molecule has 1 aromatic carbocycles. The fraction of sp³-hybridized carbons (Fsp3) is 0.524. The highest BCUT2D eigenvalue weighted by Gasteiger charge is 2.29. The van der Waals surface area contributed by atoms with E-state index >= 15 is 0 Å². The number of hydrogen-bond acceptors (Lipinski definition) is 4. The summed E-state index contributed by atoms with van der Waals surface area (Å²) in [6, 6.07) is 5.92. The minimum absolute atomic E-state index is 0.0740. The number of allylic oxidation sites excluding steroid dienone is 4. The van der Waals surface area contributed by atoms with E-state index in [1.807, 2.05) is 25.1 Å². The third-order valence-corrected chi connectivity index (χ3v) is 5.34. The Morgan fingerprint density at radius 1 is 1.23 bits per heavy atom. The minimum atomic E-state index is -0.451. The first kappa shape index (κ1) is 19.4. The van der Waals surface area contributed by atoms with Gasteiger partial charge >= 0.3 is 0 Å². The van der Waals surface area contributed by atoms with Gasteiger partial charge in [0.1, 0.15) is 0 Å². The van der Waals surface area contributed by atoms with Crippen LogP contribution in [0.3, 0.4) is 0 Å². The van der Waals surface area contributed by atoms with E-state index in [1.165, 1.54) is 5.57 Å². The average molecular weight is 379 g/mol. The number of benzene rings is 1. The Labute approximate surface area is 160 Å². The smallest absolute Gasteiger partial charge is 0.0962 e. The summed E-state index contributed by atoms with van der Waals surface area (Å²) in [4.78, 5) is 0. The van der Waals surface area contributed by atoms with Crippen LogP contribution < -0.4 is 0 Å². The first-order chi connectivity index (χ1) is 12.6. The molecule has 4 nitrogen and oxygen atoms in total. The third-order valence-electron chi connectivity index (χ3n) is 4.97. The third kappa shape index (κ3) is 4.89. The van der Waals surface area contributed by atoms with Gasteiger partial charge in [0, 0.05) is 24.3 Å². The van der Waals surface area contributed by atoms with Gasteiger partial charge in [-0.25, -0.2) is 0 Å². The lowest BCUT2D eigenvalue weighted by atomic mass is 9.92. The summed E-state index contributed by atoms with van der Waals surface area (Å²) in [5.41, 5.74) is 3.39. The van der Waals surface area contributed by atoms with E-state index in [-0.39, 0.29) is 18.8 Å². The Kier molecular flexibility index (Phi) is 6.76. The van der Waals surface area contributed by atoms with Gasteiger partial charge in [0.05, 0.1) is 37.3 Å². The molecule has 0 aromatic heterocycles. The predicted octanol–water partition coefficient (Wildman–Crippen LogP) is 4.10. The summed E-state index contributed by atoms with van der Waals surface area (Å²) >= 11 is 6.42. The molecule has 5 heteroatoms. The number of aliphatic hydroxyl groups is 2. The van der Waals surface area contributed by atoms with E-state index in [4.69, 9.17) is 21.1 Å². The first-order valence-electron chi connectivity index (χ1n) is 9.33. The molecule has 1 aliphatic heterocycles. The molecule has 0 radical (unpaired) electrons. The second kappa shape index (κ2) is 9.05. The first-order valence-corrected chi connectivity index (χ1v) is 9.71. The van der Waals surface area contributed by atoms with Crippen LogP contribution in [0.4, 0.5) is 0 Å².